The Balaban J connectivity index is -0.00000000125. The van der Waals surface area contributed by atoms with Gasteiger partial charge in [-0.2, -0.15) is 0 Å². The molecule has 0 aliphatic heterocycles. The molecule has 0 saturated carbocycles. The van der Waals surface area contributed by atoms with E-state index in [-0.39, 0.29) is 122 Å². The van der Waals surface area contributed by atoms with Gasteiger partial charge in [-0.1, -0.05) is 0 Å². The molecule has 0 aliphatic rings. The Hall–Kier alpha value is 3.05. The van der Waals surface area contributed by atoms with Crippen LogP contribution < -0.4 is 0 Å². The Kier molecular flexibility index (Phi) is 619. The second-order valence-corrected chi connectivity index (χ2v) is 1.34. The van der Waals surface area contributed by atoms with Crippen LogP contribution in [0.2, 0.25) is 0 Å². The van der Waals surface area contributed by atoms with Crippen molar-refractivity contribution in [3.8, 4) is 0 Å². The third kappa shape index (κ3) is 275. The van der Waals surface area contributed by atoms with Crippen LogP contribution in [-0.4, -0.2) is 60.8 Å². The topological polar surface area (TPSA) is 3.24 Å². The molecule has 1 nitrogen and oxygen atoms in total. The highest BCUT2D eigenvalue weighted by Crippen LogP contribution is 1.47. The van der Waals surface area contributed by atoms with Crippen molar-refractivity contribution in [2.24, 2.45) is 0 Å². The Morgan fingerprint density at radius 2 is 0.462 bits per heavy atom. The molecule has 0 saturated heterocycles. The molecule has 0 aromatic carbocycles. The molecule has 0 aliphatic carbocycles. The lowest BCUT2D eigenvalue weighted by atomic mass is 11.0. The number of rotatable bonds is 0. The monoisotopic (exact) mass is 365 g/mol. The minimum atomic E-state index is 0. The summed E-state index contributed by atoms with van der Waals surface area (Å²) in [6.45, 7) is 0. The van der Waals surface area contributed by atoms with E-state index < -0.39 is 0 Å². The van der Waals surface area contributed by atoms with Gasteiger partial charge in [-0.15, -0.1) is 86.8 Å². The quantitative estimate of drug-likeness (QED) is 0.594. The number of halogens is 7. The second-order valence-electron chi connectivity index (χ2n) is 1.34. The van der Waals surface area contributed by atoms with Crippen LogP contribution in [0.25, 0.3) is 0 Å². The molecular weight excluding hydrogens is 352 g/mol. The van der Waals surface area contributed by atoms with Crippen LogP contribution in [-0.2, 0) is 0 Å². The fourth-order valence-corrected chi connectivity index (χ4v) is 0. The number of nitrogens with zero attached hydrogens (tertiary/aromatic N) is 1. The number of hydrogen-bond donors (Lipinski definition) is 0. The lowest BCUT2D eigenvalue weighted by Gasteiger charge is -1.90. The standard InChI is InChI=1S/C3H9N.2Al.7ClH/c1-4(2)3;;;;;;;;;/h1-3H3;;;7*1H. The zero-order chi connectivity index (χ0) is 3.58. The van der Waals surface area contributed by atoms with E-state index in [0.29, 0.717) is 0 Å². The first-order valence-corrected chi connectivity index (χ1v) is 1.34. The van der Waals surface area contributed by atoms with Crippen molar-refractivity contribution in [3.05, 3.63) is 0 Å². The zero-order valence-corrected chi connectivity index (χ0v) is 15.5. The molecule has 10 heteroatoms. The van der Waals surface area contributed by atoms with E-state index in [2.05, 4.69) is 0 Å². The molecule has 0 bridgehead atoms. The molecule has 0 aromatic heterocycles. The maximum Gasteiger partial charge on any atom is 0 e. The van der Waals surface area contributed by atoms with Crippen molar-refractivity contribution >= 4 is 122 Å². The fraction of sp³-hybridized carbons (Fsp3) is 1.00. The molecular formula is C3H16Al2Cl7N. The van der Waals surface area contributed by atoms with E-state index in [0.717, 1.165) is 0 Å². The lowest BCUT2D eigenvalue weighted by molar-refractivity contribution is 0.505. The van der Waals surface area contributed by atoms with Gasteiger partial charge in [-0.05, 0) is 21.1 Å². The van der Waals surface area contributed by atoms with Crippen LogP contribution in [0, 0.1) is 0 Å². The predicted molar refractivity (Wildman–Crippen MR) is 81.9 cm³/mol. The van der Waals surface area contributed by atoms with E-state index in [1.807, 2.05) is 26.0 Å². The van der Waals surface area contributed by atoms with Crippen molar-refractivity contribution in [2.75, 3.05) is 21.1 Å². The van der Waals surface area contributed by atoms with Gasteiger partial charge in [0, 0.05) is 34.7 Å². The predicted octanol–water partition coefficient (Wildman–Crippen LogP) is 2.37. The molecule has 0 unspecified atom stereocenters. The van der Waals surface area contributed by atoms with E-state index >= 15 is 0 Å². The second kappa shape index (κ2) is 81.1. The molecule has 0 aromatic rings. The molecule has 0 fully saturated rings. The highest BCUT2D eigenvalue weighted by Gasteiger charge is 1.58. The summed E-state index contributed by atoms with van der Waals surface area (Å²) in [5.41, 5.74) is 0. The molecule has 0 amide bonds. The minimum Gasteiger partial charge on any atom is -0.312 e. The van der Waals surface area contributed by atoms with Gasteiger partial charge in [0.05, 0.1) is 0 Å². The van der Waals surface area contributed by atoms with Crippen molar-refractivity contribution in [1.82, 2.24) is 4.90 Å². The van der Waals surface area contributed by atoms with Crippen LogP contribution >= 0.6 is 86.8 Å². The van der Waals surface area contributed by atoms with E-state index in [9.17, 15) is 0 Å². The van der Waals surface area contributed by atoms with Gasteiger partial charge in [0.25, 0.3) is 0 Å². The van der Waals surface area contributed by atoms with Gasteiger partial charge < -0.3 is 4.90 Å². The van der Waals surface area contributed by atoms with Crippen LogP contribution in [0.1, 0.15) is 0 Å². The zero-order valence-electron chi connectivity index (χ0n) is 7.46. The average molecular weight is 368 g/mol. The summed E-state index contributed by atoms with van der Waals surface area (Å²) in [5.74, 6) is 0. The molecule has 0 rings (SSSR count). The summed E-state index contributed by atoms with van der Waals surface area (Å²) in [5, 5.41) is 0. The molecule has 0 spiro atoms. The van der Waals surface area contributed by atoms with Crippen LogP contribution in [0.3, 0.4) is 0 Å². The first-order valence-electron chi connectivity index (χ1n) is 1.34. The Morgan fingerprint density at radius 1 is 0.462 bits per heavy atom. The van der Waals surface area contributed by atoms with Gasteiger partial charge in [0.2, 0.25) is 0 Å². The van der Waals surface area contributed by atoms with Crippen molar-refractivity contribution in [1.29, 1.82) is 0 Å². The third-order valence-corrected chi connectivity index (χ3v) is 0. The van der Waals surface area contributed by atoms with Gasteiger partial charge in [-0.3, -0.25) is 0 Å². The molecule has 88 valence electrons. The Bertz CT molecular complexity index is 26.5. The summed E-state index contributed by atoms with van der Waals surface area (Å²) in [6, 6.07) is 0. The van der Waals surface area contributed by atoms with Crippen molar-refractivity contribution in [2.45, 2.75) is 0 Å². The highest BCUT2D eigenvalue weighted by atomic mass is 35.5. The molecule has 0 heterocycles. The average Bonchev–Trinajstić information content (AvgIpc) is 0.811. The summed E-state index contributed by atoms with van der Waals surface area (Å²) in [7, 11) is 6.00. The maximum absolute atomic E-state index is 2.00. The summed E-state index contributed by atoms with van der Waals surface area (Å²) in [6.07, 6.45) is 0. The summed E-state index contributed by atoms with van der Waals surface area (Å²) < 4.78 is 0. The van der Waals surface area contributed by atoms with Crippen LogP contribution in [0.15, 0.2) is 0 Å². The van der Waals surface area contributed by atoms with Crippen molar-refractivity contribution in [3.63, 3.8) is 0 Å². The summed E-state index contributed by atoms with van der Waals surface area (Å²) >= 11 is 0. The normalized spacial score (nSPS) is 2.77. The first kappa shape index (κ1) is 99.3. The maximum atomic E-state index is 2.00. The molecule has 13 heavy (non-hydrogen) atoms. The Labute approximate surface area is 146 Å². The van der Waals surface area contributed by atoms with Crippen molar-refractivity contribution < 1.29 is 0 Å². The largest absolute Gasteiger partial charge is 0.312 e. The van der Waals surface area contributed by atoms with Crippen LogP contribution in [0.4, 0.5) is 0 Å². The molecule has 6 radical (unpaired) electrons. The van der Waals surface area contributed by atoms with Gasteiger partial charge >= 0.3 is 0 Å². The highest BCUT2D eigenvalue weighted by molar-refractivity contribution is 5.86. The van der Waals surface area contributed by atoms with Gasteiger partial charge in [-0.25, -0.2) is 0 Å². The number of hydrogen-bond acceptors (Lipinski definition) is 1. The van der Waals surface area contributed by atoms with E-state index in [1.54, 1.807) is 0 Å². The first-order chi connectivity index (χ1) is 1.73. The van der Waals surface area contributed by atoms with Gasteiger partial charge in [0.15, 0.2) is 0 Å². The lowest BCUT2D eigenvalue weighted by Crippen LogP contribution is -1.99. The van der Waals surface area contributed by atoms with Gasteiger partial charge in [0.1, 0.15) is 0 Å². The smallest absolute Gasteiger partial charge is 0 e. The van der Waals surface area contributed by atoms with E-state index in [1.165, 1.54) is 0 Å². The molecule has 0 N–H and O–H groups in total. The SMILES string of the molecule is CN(C)C.Cl.Cl.Cl.Cl.Cl.Cl.Cl.[Al].[Al]. The fourth-order valence-electron chi connectivity index (χ4n) is 0. The minimum absolute atomic E-state index is 0. The summed E-state index contributed by atoms with van der Waals surface area (Å²) in [4.78, 5) is 2.00. The molecule has 0 atom stereocenters. The third-order valence-electron chi connectivity index (χ3n) is 0. The van der Waals surface area contributed by atoms with Crippen LogP contribution in [0.5, 0.6) is 0 Å². The Morgan fingerprint density at radius 3 is 0.462 bits per heavy atom. The van der Waals surface area contributed by atoms with E-state index in [4.69, 9.17) is 0 Å².